The number of carbonyl (C=O) groups is 1. The van der Waals surface area contributed by atoms with Crippen molar-refractivity contribution in [2.45, 2.75) is 37.0 Å². The predicted molar refractivity (Wildman–Crippen MR) is 155 cm³/mol. The first-order valence-electron chi connectivity index (χ1n) is 14.0. The summed E-state index contributed by atoms with van der Waals surface area (Å²) in [6, 6.07) is 18.7. The lowest BCUT2D eigenvalue weighted by Gasteiger charge is -2.45. The molecule has 2 saturated heterocycles. The van der Waals surface area contributed by atoms with E-state index in [0.717, 1.165) is 5.69 Å². The Morgan fingerprint density at radius 2 is 1.84 bits per heavy atom. The van der Waals surface area contributed by atoms with Crippen molar-refractivity contribution in [1.82, 2.24) is 10.2 Å². The maximum absolute atomic E-state index is 12.7. The maximum Gasteiger partial charge on any atom is 0.573 e. The maximum atomic E-state index is 12.7. The van der Waals surface area contributed by atoms with Gasteiger partial charge in [0.05, 0.1) is 23.9 Å². The van der Waals surface area contributed by atoms with Gasteiger partial charge in [0.25, 0.3) is 5.91 Å². The van der Waals surface area contributed by atoms with Crippen LogP contribution in [0.3, 0.4) is 0 Å². The fraction of sp³-hybridized carbons (Fsp3) is 0.387. The van der Waals surface area contributed by atoms with Crippen LogP contribution in [0.1, 0.15) is 34.9 Å². The number of carbonyl (C=O) groups excluding carboxylic acids is 1. The molecule has 3 N–H and O–H groups in total. The van der Waals surface area contributed by atoms with Crippen LogP contribution in [0.15, 0.2) is 72.8 Å². The number of benzene rings is 3. The molecule has 3 aromatic rings. The number of phenols is 1. The van der Waals surface area contributed by atoms with E-state index >= 15 is 0 Å². The molecule has 1 amide bonds. The summed E-state index contributed by atoms with van der Waals surface area (Å²) in [5, 5.41) is 25.0. The van der Waals surface area contributed by atoms with Crippen molar-refractivity contribution >= 4 is 23.2 Å². The molecule has 2 heterocycles. The summed E-state index contributed by atoms with van der Waals surface area (Å²) in [7, 11) is 0. The number of alkyl halides is 3. The monoisotopic (exact) mass is 619 g/mol. The number of morpholine rings is 1. The van der Waals surface area contributed by atoms with Crippen LogP contribution in [0.25, 0.3) is 0 Å². The number of phenolic OH excluding ortho intramolecular Hbond substituents is 1. The Bertz CT molecular complexity index is 1410. The van der Waals surface area contributed by atoms with E-state index in [1.165, 1.54) is 24.3 Å². The van der Waals surface area contributed by atoms with Gasteiger partial charge < -0.3 is 29.9 Å². The van der Waals surface area contributed by atoms with Gasteiger partial charge in [0.15, 0.2) is 0 Å². The third-order valence-electron chi connectivity index (χ3n) is 7.93. The Balaban J connectivity index is 1.29. The number of ether oxygens (including phenoxy) is 2. The Labute approximate surface area is 252 Å². The van der Waals surface area contributed by atoms with Crippen LogP contribution >= 0.6 is 11.6 Å². The molecule has 0 aliphatic carbocycles. The van der Waals surface area contributed by atoms with Gasteiger partial charge in [-0.1, -0.05) is 35.9 Å². The molecule has 0 saturated carbocycles. The molecule has 2 aliphatic heterocycles. The summed E-state index contributed by atoms with van der Waals surface area (Å²) in [6.45, 7) is 2.90. The minimum Gasteiger partial charge on any atom is -0.507 e. The van der Waals surface area contributed by atoms with E-state index in [1.54, 1.807) is 42.5 Å². The number of nitrogens with zero attached hydrogens (tertiary/aromatic N) is 2. The van der Waals surface area contributed by atoms with E-state index in [1.807, 2.05) is 6.07 Å². The molecule has 43 heavy (non-hydrogen) atoms. The highest BCUT2D eigenvalue weighted by molar-refractivity contribution is 6.30. The van der Waals surface area contributed by atoms with Crippen molar-refractivity contribution in [1.29, 1.82) is 0 Å². The first-order valence-corrected chi connectivity index (χ1v) is 14.4. The van der Waals surface area contributed by atoms with Crippen molar-refractivity contribution in [3.63, 3.8) is 0 Å². The largest absolute Gasteiger partial charge is 0.573 e. The van der Waals surface area contributed by atoms with Gasteiger partial charge in [-0.15, -0.1) is 13.2 Å². The average molecular weight is 620 g/mol. The highest BCUT2D eigenvalue weighted by atomic mass is 35.5. The molecule has 230 valence electrons. The Morgan fingerprint density at radius 1 is 1.07 bits per heavy atom. The van der Waals surface area contributed by atoms with E-state index < -0.39 is 30.0 Å². The molecular formula is C31H33ClF3N3O5. The smallest absolute Gasteiger partial charge is 0.507 e. The van der Waals surface area contributed by atoms with Gasteiger partial charge in [-0.25, -0.2) is 0 Å². The summed E-state index contributed by atoms with van der Waals surface area (Å²) in [5.74, 6) is -0.803. The molecule has 3 atom stereocenters. The summed E-state index contributed by atoms with van der Waals surface area (Å²) < 4.78 is 48.0. The molecule has 3 aromatic carbocycles. The van der Waals surface area contributed by atoms with E-state index in [-0.39, 0.29) is 23.6 Å². The zero-order valence-corrected chi connectivity index (χ0v) is 24.0. The number of amides is 1. The third kappa shape index (κ3) is 7.72. The summed E-state index contributed by atoms with van der Waals surface area (Å²) in [6.07, 6.45) is -4.56. The van der Waals surface area contributed by atoms with Crippen molar-refractivity contribution < 1.29 is 37.7 Å². The number of aliphatic hydroxyl groups is 1. The van der Waals surface area contributed by atoms with Crippen LogP contribution in [0.2, 0.25) is 5.02 Å². The number of nitrogens with one attached hydrogen (secondary N) is 1. The number of aromatic hydroxyl groups is 1. The average Bonchev–Trinajstić information content (AvgIpc) is 3.37. The lowest BCUT2D eigenvalue weighted by Crippen LogP contribution is -2.57. The van der Waals surface area contributed by atoms with Crippen LogP contribution in [0.5, 0.6) is 11.5 Å². The van der Waals surface area contributed by atoms with Gasteiger partial charge >= 0.3 is 6.36 Å². The summed E-state index contributed by atoms with van der Waals surface area (Å²) in [4.78, 5) is 17.0. The van der Waals surface area contributed by atoms with Gasteiger partial charge in [0, 0.05) is 49.5 Å². The molecule has 0 aromatic heterocycles. The zero-order valence-electron chi connectivity index (χ0n) is 23.3. The van der Waals surface area contributed by atoms with Crippen molar-refractivity contribution in [2.75, 3.05) is 44.2 Å². The molecule has 0 radical (unpaired) electrons. The van der Waals surface area contributed by atoms with E-state index in [4.69, 9.17) is 16.3 Å². The van der Waals surface area contributed by atoms with Crippen LogP contribution in [0, 0.1) is 0 Å². The number of hydrogen-bond acceptors (Lipinski definition) is 7. The van der Waals surface area contributed by atoms with Crippen molar-refractivity contribution in [3.05, 3.63) is 88.9 Å². The molecule has 5 rings (SSSR count). The van der Waals surface area contributed by atoms with E-state index in [9.17, 15) is 28.2 Å². The van der Waals surface area contributed by atoms with Gasteiger partial charge in [0.2, 0.25) is 0 Å². The summed E-state index contributed by atoms with van der Waals surface area (Å²) >= 11 is 6.23. The lowest BCUT2D eigenvalue weighted by molar-refractivity contribution is -0.274. The van der Waals surface area contributed by atoms with E-state index in [2.05, 4.69) is 19.9 Å². The second kappa shape index (κ2) is 13.0. The van der Waals surface area contributed by atoms with Crippen LogP contribution in [-0.4, -0.2) is 78.4 Å². The highest BCUT2D eigenvalue weighted by Crippen LogP contribution is 2.36. The second-order valence-corrected chi connectivity index (χ2v) is 11.3. The van der Waals surface area contributed by atoms with Crippen LogP contribution in [-0.2, 0) is 4.74 Å². The number of hydrogen-bond donors (Lipinski definition) is 3. The molecule has 0 bridgehead atoms. The number of aliphatic hydroxyl groups excluding tert-OH is 1. The van der Waals surface area contributed by atoms with Crippen molar-refractivity contribution in [2.24, 2.45) is 0 Å². The summed E-state index contributed by atoms with van der Waals surface area (Å²) in [5.41, 5.74) is 1.03. The van der Waals surface area contributed by atoms with Gasteiger partial charge in [0.1, 0.15) is 11.5 Å². The Kier molecular flexibility index (Phi) is 9.36. The quantitative estimate of drug-likeness (QED) is 0.305. The SMILES string of the molecule is O=C(NCCC(C(O)c1cccc(Cl)c1)N1CCOC2(CCN(c3ccc(OC(F)(F)F)cc3)C2)C1)c1ccccc1O. The number of anilines is 1. The number of halogens is 4. The first-order chi connectivity index (χ1) is 20.5. The number of para-hydroxylation sites is 1. The van der Waals surface area contributed by atoms with Gasteiger partial charge in [-0.2, -0.15) is 0 Å². The van der Waals surface area contributed by atoms with Crippen LogP contribution in [0.4, 0.5) is 18.9 Å². The third-order valence-corrected chi connectivity index (χ3v) is 8.16. The molecule has 3 unspecified atom stereocenters. The Morgan fingerprint density at radius 3 is 2.56 bits per heavy atom. The van der Waals surface area contributed by atoms with Crippen LogP contribution < -0.4 is 15.0 Å². The van der Waals surface area contributed by atoms with E-state index in [0.29, 0.717) is 56.2 Å². The fourth-order valence-electron chi connectivity index (χ4n) is 5.88. The molecular weight excluding hydrogens is 587 g/mol. The zero-order chi connectivity index (χ0) is 30.6. The van der Waals surface area contributed by atoms with Gasteiger partial charge in [-0.3, -0.25) is 9.69 Å². The predicted octanol–water partition coefficient (Wildman–Crippen LogP) is 5.15. The Hall–Kier alpha value is -3.51. The van der Waals surface area contributed by atoms with Gasteiger partial charge in [-0.05, 0) is 66.9 Å². The molecule has 2 aliphatic rings. The minimum absolute atomic E-state index is 0.112. The molecule has 2 fully saturated rings. The standard InChI is InChI=1S/C31H33ClF3N3O5/c32-22-5-3-4-21(18-22)28(40)26(12-14-36-29(41)25-6-1-2-7-27(25)39)38-16-17-42-30(20-38)13-15-37(19-30)23-8-10-24(11-9-23)43-31(33,34)35/h1-11,18,26,28,39-40H,12-17,19-20H2,(H,36,41). The minimum atomic E-state index is -4.75. The highest BCUT2D eigenvalue weighted by Gasteiger charge is 2.45. The fourth-order valence-corrected chi connectivity index (χ4v) is 6.07. The lowest BCUT2D eigenvalue weighted by atomic mass is 9.94. The molecule has 1 spiro atoms. The number of rotatable bonds is 9. The first kappa shape index (κ1) is 30.9. The molecule has 8 nitrogen and oxygen atoms in total. The van der Waals surface area contributed by atoms with Crippen molar-refractivity contribution in [3.8, 4) is 11.5 Å². The second-order valence-electron chi connectivity index (χ2n) is 10.8. The normalized spacial score (nSPS) is 20.6. The molecule has 12 heteroatoms. The topological polar surface area (TPSA) is 94.5 Å².